The molecule has 1 aromatic carbocycles. The molecular weight excluding hydrogens is 312 g/mol. The van der Waals surface area contributed by atoms with Crippen molar-refractivity contribution in [3.8, 4) is 0 Å². The van der Waals surface area contributed by atoms with E-state index >= 15 is 0 Å². The molecule has 0 unspecified atom stereocenters. The molecule has 1 N–H and O–H groups in total. The van der Waals surface area contributed by atoms with Gasteiger partial charge in [-0.05, 0) is 24.5 Å². The molecule has 2 atom stereocenters. The van der Waals surface area contributed by atoms with Gasteiger partial charge in [-0.3, -0.25) is 0 Å². The third kappa shape index (κ3) is 11.0. The van der Waals surface area contributed by atoms with Gasteiger partial charge in [-0.25, -0.2) is 0 Å². The zero-order valence-electron chi connectivity index (χ0n) is 16.0. The van der Waals surface area contributed by atoms with Crippen LogP contribution in [0.15, 0.2) is 42.7 Å². The Hall–Kier alpha value is -1.32. The van der Waals surface area contributed by atoms with Gasteiger partial charge in [-0.2, -0.15) is 0 Å². The Morgan fingerprint density at radius 1 is 0.960 bits per heavy atom. The maximum Gasteiger partial charge on any atom is 0.188 e. The highest BCUT2D eigenvalue weighted by atomic mass is 16.7. The SMILES string of the molecule is CCCCCC[C@H](O)[C@@H](/C=C/OCOCc1ccccc1)CCCC. The second-order valence-corrected chi connectivity index (χ2v) is 6.67. The van der Waals surface area contributed by atoms with E-state index in [4.69, 9.17) is 9.47 Å². The number of hydrogen-bond donors (Lipinski definition) is 1. The van der Waals surface area contributed by atoms with Crippen molar-refractivity contribution in [1.29, 1.82) is 0 Å². The van der Waals surface area contributed by atoms with Gasteiger partial charge in [0.25, 0.3) is 0 Å². The molecule has 3 heteroatoms. The van der Waals surface area contributed by atoms with Crippen LogP contribution in [0.1, 0.15) is 70.8 Å². The third-order valence-electron chi connectivity index (χ3n) is 4.42. The Kier molecular flexibility index (Phi) is 13.0. The molecule has 142 valence electrons. The second-order valence-electron chi connectivity index (χ2n) is 6.67. The van der Waals surface area contributed by atoms with Crippen molar-refractivity contribution >= 4 is 0 Å². The molecule has 0 spiro atoms. The Morgan fingerprint density at radius 3 is 2.44 bits per heavy atom. The van der Waals surface area contributed by atoms with Crippen LogP contribution in [-0.4, -0.2) is 18.0 Å². The molecule has 0 radical (unpaired) electrons. The smallest absolute Gasteiger partial charge is 0.188 e. The Bertz CT molecular complexity index is 430. The highest BCUT2D eigenvalue weighted by molar-refractivity contribution is 5.13. The molecule has 0 amide bonds. The molecule has 25 heavy (non-hydrogen) atoms. The number of aliphatic hydroxyl groups excluding tert-OH is 1. The van der Waals surface area contributed by atoms with Crippen molar-refractivity contribution in [1.82, 2.24) is 0 Å². The van der Waals surface area contributed by atoms with Crippen molar-refractivity contribution in [3.05, 3.63) is 48.2 Å². The number of rotatable bonds is 15. The quantitative estimate of drug-likeness (QED) is 0.246. The van der Waals surface area contributed by atoms with Gasteiger partial charge in [0.15, 0.2) is 6.79 Å². The summed E-state index contributed by atoms with van der Waals surface area (Å²) in [6.45, 7) is 5.18. The minimum Gasteiger partial charge on any atom is -0.475 e. The van der Waals surface area contributed by atoms with Crippen LogP contribution in [0.4, 0.5) is 0 Å². The zero-order valence-corrected chi connectivity index (χ0v) is 16.0. The van der Waals surface area contributed by atoms with Gasteiger partial charge in [0.05, 0.1) is 19.0 Å². The molecule has 1 rings (SSSR count). The molecule has 0 aromatic heterocycles. The molecule has 0 aliphatic heterocycles. The summed E-state index contributed by atoms with van der Waals surface area (Å²) in [6.07, 6.45) is 12.4. The molecule has 0 aliphatic rings. The van der Waals surface area contributed by atoms with E-state index in [9.17, 15) is 5.11 Å². The van der Waals surface area contributed by atoms with Crippen molar-refractivity contribution in [2.75, 3.05) is 6.79 Å². The fourth-order valence-corrected chi connectivity index (χ4v) is 2.83. The normalized spacial score (nSPS) is 13.9. The fraction of sp³-hybridized carbons (Fsp3) is 0.636. The van der Waals surface area contributed by atoms with Crippen molar-refractivity contribution in [2.45, 2.75) is 77.9 Å². The van der Waals surface area contributed by atoms with Gasteiger partial charge < -0.3 is 14.6 Å². The van der Waals surface area contributed by atoms with Crippen molar-refractivity contribution < 1.29 is 14.6 Å². The molecule has 0 bridgehead atoms. The van der Waals surface area contributed by atoms with Gasteiger partial charge in [-0.1, -0.05) is 82.7 Å². The Morgan fingerprint density at radius 2 is 1.72 bits per heavy atom. The topological polar surface area (TPSA) is 38.7 Å². The summed E-state index contributed by atoms with van der Waals surface area (Å²) < 4.78 is 10.9. The van der Waals surface area contributed by atoms with Gasteiger partial charge in [0.2, 0.25) is 0 Å². The van der Waals surface area contributed by atoms with Crippen LogP contribution in [0.25, 0.3) is 0 Å². The predicted octanol–water partition coefficient (Wildman–Crippen LogP) is 5.83. The summed E-state index contributed by atoms with van der Waals surface area (Å²) in [5.41, 5.74) is 1.14. The first-order chi connectivity index (χ1) is 12.3. The summed E-state index contributed by atoms with van der Waals surface area (Å²) in [7, 11) is 0. The van der Waals surface area contributed by atoms with E-state index in [0.717, 1.165) is 37.7 Å². The molecule has 0 fully saturated rings. The summed E-state index contributed by atoms with van der Waals surface area (Å²) in [5, 5.41) is 10.4. The van der Waals surface area contributed by atoms with E-state index in [1.807, 2.05) is 36.4 Å². The minimum atomic E-state index is -0.270. The van der Waals surface area contributed by atoms with Gasteiger partial charge in [0.1, 0.15) is 0 Å². The third-order valence-corrected chi connectivity index (χ3v) is 4.42. The number of ether oxygens (including phenoxy) is 2. The van der Waals surface area contributed by atoms with E-state index in [2.05, 4.69) is 13.8 Å². The summed E-state index contributed by atoms with van der Waals surface area (Å²) >= 11 is 0. The Labute approximate surface area is 154 Å². The summed E-state index contributed by atoms with van der Waals surface area (Å²) in [6, 6.07) is 10.1. The van der Waals surface area contributed by atoms with E-state index in [1.54, 1.807) is 6.26 Å². The van der Waals surface area contributed by atoms with Crippen molar-refractivity contribution in [2.24, 2.45) is 5.92 Å². The van der Waals surface area contributed by atoms with Gasteiger partial charge >= 0.3 is 0 Å². The molecule has 1 aromatic rings. The summed E-state index contributed by atoms with van der Waals surface area (Å²) in [4.78, 5) is 0. The number of aliphatic hydroxyl groups is 1. The number of benzene rings is 1. The van der Waals surface area contributed by atoms with Crippen LogP contribution >= 0.6 is 0 Å². The first-order valence-corrected chi connectivity index (χ1v) is 9.85. The number of hydrogen-bond acceptors (Lipinski definition) is 3. The monoisotopic (exact) mass is 348 g/mol. The summed E-state index contributed by atoms with van der Waals surface area (Å²) in [5.74, 6) is 0.177. The lowest BCUT2D eigenvalue weighted by atomic mass is 9.92. The van der Waals surface area contributed by atoms with Crippen LogP contribution < -0.4 is 0 Å². The first kappa shape index (κ1) is 21.7. The van der Waals surface area contributed by atoms with Crippen LogP contribution in [-0.2, 0) is 16.1 Å². The Balaban J connectivity index is 2.26. The standard InChI is InChI=1S/C22H36O3/c1-3-5-7-11-15-22(23)21(14-6-4-2)16-17-24-19-25-18-20-12-9-8-10-13-20/h8-10,12-13,16-17,21-23H,3-7,11,14-15,18-19H2,1-2H3/b17-16+/t21-,22+/m1/s1. The van der Waals surface area contributed by atoms with Crippen LogP contribution in [0.3, 0.4) is 0 Å². The molecule has 0 heterocycles. The zero-order chi connectivity index (χ0) is 18.2. The largest absolute Gasteiger partial charge is 0.475 e. The van der Waals surface area contributed by atoms with E-state index in [0.29, 0.717) is 6.61 Å². The van der Waals surface area contributed by atoms with Crippen LogP contribution in [0, 0.1) is 5.92 Å². The maximum absolute atomic E-state index is 10.4. The van der Waals surface area contributed by atoms with E-state index < -0.39 is 0 Å². The highest BCUT2D eigenvalue weighted by Crippen LogP contribution is 2.20. The first-order valence-electron chi connectivity index (χ1n) is 9.85. The average Bonchev–Trinajstić information content (AvgIpc) is 2.64. The van der Waals surface area contributed by atoms with Crippen LogP contribution in [0.5, 0.6) is 0 Å². The lowest BCUT2D eigenvalue weighted by Gasteiger charge is -2.19. The van der Waals surface area contributed by atoms with E-state index in [1.165, 1.54) is 19.3 Å². The lowest BCUT2D eigenvalue weighted by molar-refractivity contribution is -0.0215. The molecule has 3 nitrogen and oxygen atoms in total. The average molecular weight is 349 g/mol. The lowest BCUT2D eigenvalue weighted by Crippen LogP contribution is -2.18. The van der Waals surface area contributed by atoms with Crippen molar-refractivity contribution in [3.63, 3.8) is 0 Å². The van der Waals surface area contributed by atoms with Gasteiger partial charge in [0, 0.05) is 5.92 Å². The molecule has 0 aliphatic carbocycles. The predicted molar refractivity (Wildman–Crippen MR) is 104 cm³/mol. The molecule has 0 saturated carbocycles. The molecule has 0 saturated heterocycles. The molecular formula is C22H36O3. The van der Waals surface area contributed by atoms with E-state index in [-0.39, 0.29) is 18.8 Å². The van der Waals surface area contributed by atoms with Crippen LogP contribution in [0.2, 0.25) is 0 Å². The minimum absolute atomic E-state index is 0.177. The fourth-order valence-electron chi connectivity index (χ4n) is 2.83. The maximum atomic E-state index is 10.4. The highest BCUT2D eigenvalue weighted by Gasteiger charge is 2.15. The van der Waals surface area contributed by atoms with Gasteiger partial charge in [-0.15, -0.1) is 0 Å². The number of unbranched alkanes of at least 4 members (excludes halogenated alkanes) is 4. The second kappa shape index (κ2) is 15.0.